The Hall–Kier alpha value is -2.58. The predicted molar refractivity (Wildman–Crippen MR) is 147 cm³/mol. The summed E-state index contributed by atoms with van der Waals surface area (Å²) < 4.78 is 1.13. The van der Waals surface area contributed by atoms with Gasteiger partial charge in [0.05, 0.1) is 0 Å². The molecular formula is C30H23BrCl2. The molecule has 0 unspecified atom stereocenters. The number of allylic oxidation sites excluding steroid dienone is 2. The van der Waals surface area contributed by atoms with Gasteiger partial charge in [-0.25, -0.2) is 0 Å². The van der Waals surface area contributed by atoms with Crippen molar-refractivity contribution in [2.24, 2.45) is 0 Å². The molecule has 4 aromatic carbocycles. The molecule has 6 rings (SSSR count). The molecule has 0 saturated carbocycles. The third-order valence-electron chi connectivity index (χ3n) is 5.44. The molecule has 2 aliphatic rings. The molecule has 0 spiro atoms. The van der Waals surface area contributed by atoms with Crippen molar-refractivity contribution in [3.05, 3.63) is 152 Å². The smallest absolute Gasteiger partial charge is 0.0409 e. The molecule has 164 valence electrons. The first kappa shape index (κ1) is 23.6. The zero-order chi connectivity index (χ0) is 23.0. The summed E-state index contributed by atoms with van der Waals surface area (Å²) in [6, 6.07) is 32.6. The first-order valence-corrected chi connectivity index (χ1v) is 12.3. The van der Waals surface area contributed by atoms with Crippen molar-refractivity contribution in [2.75, 3.05) is 0 Å². The van der Waals surface area contributed by atoms with Gasteiger partial charge < -0.3 is 0 Å². The van der Waals surface area contributed by atoms with Crippen LogP contribution in [0.5, 0.6) is 0 Å². The molecule has 0 atom stereocenters. The van der Waals surface area contributed by atoms with Crippen molar-refractivity contribution >= 4 is 50.8 Å². The lowest BCUT2D eigenvalue weighted by atomic mass is 9.99. The van der Waals surface area contributed by atoms with E-state index in [4.69, 9.17) is 23.2 Å². The molecule has 0 fully saturated rings. The van der Waals surface area contributed by atoms with E-state index in [1.807, 2.05) is 54.6 Å². The van der Waals surface area contributed by atoms with Crippen molar-refractivity contribution in [3.8, 4) is 0 Å². The highest BCUT2D eigenvalue weighted by atomic mass is 79.9. The standard InChI is InChI=1S/C15H11Cl.C9H7Cl.C6H5Br/c16-13-7-9-15-12(10-13)6-8-14(15)11-4-2-1-3-5-11;10-9-5-4-7-2-1-3-8(7)6-9;7-6-4-2-1-3-5-6/h1-5,7-10H,6H2;1-2,4-6H,3H2;1-5H. The summed E-state index contributed by atoms with van der Waals surface area (Å²) in [5.41, 5.74) is 7.90. The Labute approximate surface area is 214 Å². The molecule has 0 bridgehead atoms. The Morgan fingerprint density at radius 3 is 1.94 bits per heavy atom. The molecule has 0 N–H and O–H groups in total. The van der Waals surface area contributed by atoms with E-state index in [1.54, 1.807) is 0 Å². The number of rotatable bonds is 1. The van der Waals surface area contributed by atoms with E-state index in [0.717, 1.165) is 27.4 Å². The molecule has 0 radical (unpaired) electrons. The first-order chi connectivity index (χ1) is 16.1. The quantitative estimate of drug-likeness (QED) is 0.228. The number of hydrogen-bond donors (Lipinski definition) is 0. The second-order valence-electron chi connectivity index (χ2n) is 7.73. The largest absolute Gasteiger partial charge is 0.0843 e. The Kier molecular flexibility index (Phi) is 8.23. The lowest BCUT2D eigenvalue weighted by Gasteiger charge is -2.06. The maximum absolute atomic E-state index is 5.99. The fraction of sp³-hybridized carbons (Fsp3) is 0.0667. The molecule has 0 aromatic heterocycles. The second-order valence-corrected chi connectivity index (χ2v) is 9.52. The van der Waals surface area contributed by atoms with Gasteiger partial charge >= 0.3 is 0 Å². The van der Waals surface area contributed by atoms with Gasteiger partial charge in [-0.05, 0) is 82.6 Å². The van der Waals surface area contributed by atoms with Gasteiger partial charge in [0.1, 0.15) is 0 Å². The Morgan fingerprint density at radius 1 is 0.636 bits per heavy atom. The minimum Gasteiger partial charge on any atom is -0.0843 e. The first-order valence-electron chi connectivity index (χ1n) is 10.8. The van der Waals surface area contributed by atoms with Crippen molar-refractivity contribution in [1.29, 1.82) is 0 Å². The van der Waals surface area contributed by atoms with Crippen LogP contribution in [-0.2, 0) is 12.8 Å². The highest BCUT2D eigenvalue weighted by Gasteiger charge is 2.15. The monoisotopic (exact) mass is 532 g/mol. The van der Waals surface area contributed by atoms with Crippen LogP contribution in [0.2, 0.25) is 10.0 Å². The summed E-state index contributed by atoms with van der Waals surface area (Å²) >= 11 is 15.1. The van der Waals surface area contributed by atoms with Crippen LogP contribution in [0.25, 0.3) is 11.6 Å². The highest BCUT2D eigenvalue weighted by molar-refractivity contribution is 9.10. The van der Waals surface area contributed by atoms with Crippen LogP contribution in [0.15, 0.2) is 114 Å². The molecule has 0 amide bonds. The van der Waals surface area contributed by atoms with Gasteiger partial charge in [0, 0.05) is 14.5 Å². The average molecular weight is 534 g/mol. The van der Waals surface area contributed by atoms with E-state index in [0.29, 0.717) is 0 Å². The molecule has 0 aliphatic heterocycles. The molecule has 0 saturated heterocycles. The summed E-state index contributed by atoms with van der Waals surface area (Å²) in [5.74, 6) is 0. The van der Waals surface area contributed by atoms with E-state index in [1.165, 1.54) is 33.4 Å². The van der Waals surface area contributed by atoms with Crippen LogP contribution >= 0.6 is 39.1 Å². The van der Waals surface area contributed by atoms with Crippen LogP contribution < -0.4 is 0 Å². The topological polar surface area (TPSA) is 0 Å². The van der Waals surface area contributed by atoms with Gasteiger partial charge in [-0.3, -0.25) is 0 Å². The SMILES string of the molecule is Brc1ccccc1.Clc1ccc2c(c1)CC=C2.Clc1ccc2c(c1)CC=C2c1ccccc1. The zero-order valence-electron chi connectivity index (χ0n) is 18.0. The Balaban J connectivity index is 0.000000130. The molecule has 4 aromatic rings. The van der Waals surface area contributed by atoms with Crippen molar-refractivity contribution in [2.45, 2.75) is 12.8 Å². The summed E-state index contributed by atoms with van der Waals surface area (Å²) in [4.78, 5) is 0. The number of fused-ring (bicyclic) bond motifs is 2. The third-order valence-corrected chi connectivity index (χ3v) is 6.44. The van der Waals surface area contributed by atoms with Gasteiger partial charge in [-0.15, -0.1) is 0 Å². The molecule has 0 nitrogen and oxygen atoms in total. The zero-order valence-corrected chi connectivity index (χ0v) is 21.1. The average Bonchev–Trinajstić information content (AvgIpc) is 3.47. The van der Waals surface area contributed by atoms with Crippen LogP contribution in [0.3, 0.4) is 0 Å². The lowest BCUT2D eigenvalue weighted by molar-refractivity contribution is 1.31. The maximum Gasteiger partial charge on any atom is 0.0409 e. The number of hydrogen-bond acceptors (Lipinski definition) is 0. The molecule has 2 aliphatic carbocycles. The van der Waals surface area contributed by atoms with E-state index >= 15 is 0 Å². The lowest BCUT2D eigenvalue weighted by Crippen LogP contribution is -1.86. The van der Waals surface area contributed by atoms with Gasteiger partial charge in [0.15, 0.2) is 0 Å². The summed E-state index contributed by atoms with van der Waals surface area (Å²) in [5, 5.41) is 1.66. The Morgan fingerprint density at radius 2 is 1.27 bits per heavy atom. The fourth-order valence-electron chi connectivity index (χ4n) is 3.85. The molecule has 3 heteroatoms. The maximum atomic E-state index is 5.99. The predicted octanol–water partition coefficient (Wildman–Crippen LogP) is 9.69. The molecule has 0 heterocycles. The van der Waals surface area contributed by atoms with E-state index < -0.39 is 0 Å². The van der Waals surface area contributed by atoms with Gasteiger partial charge in [0.2, 0.25) is 0 Å². The fourth-order valence-corrected chi connectivity index (χ4v) is 4.54. The van der Waals surface area contributed by atoms with E-state index in [-0.39, 0.29) is 0 Å². The van der Waals surface area contributed by atoms with Crippen LogP contribution in [0.4, 0.5) is 0 Å². The summed E-state index contributed by atoms with van der Waals surface area (Å²) in [6.45, 7) is 0. The van der Waals surface area contributed by atoms with E-state index in [2.05, 4.69) is 76.6 Å². The van der Waals surface area contributed by atoms with Gasteiger partial charge in [-0.2, -0.15) is 0 Å². The Bertz CT molecular complexity index is 1280. The summed E-state index contributed by atoms with van der Waals surface area (Å²) in [6.07, 6.45) is 8.58. The van der Waals surface area contributed by atoms with Gasteiger partial charge in [-0.1, -0.05) is 118 Å². The van der Waals surface area contributed by atoms with E-state index in [9.17, 15) is 0 Å². The van der Waals surface area contributed by atoms with Gasteiger partial charge in [0.25, 0.3) is 0 Å². The minimum atomic E-state index is 0.821. The summed E-state index contributed by atoms with van der Waals surface area (Å²) in [7, 11) is 0. The van der Waals surface area contributed by atoms with Crippen molar-refractivity contribution in [1.82, 2.24) is 0 Å². The third kappa shape index (κ3) is 6.48. The van der Waals surface area contributed by atoms with Crippen molar-refractivity contribution < 1.29 is 0 Å². The minimum absolute atomic E-state index is 0.821. The highest BCUT2D eigenvalue weighted by Crippen LogP contribution is 2.33. The van der Waals surface area contributed by atoms with Crippen LogP contribution in [0.1, 0.15) is 27.8 Å². The molecule has 33 heavy (non-hydrogen) atoms. The normalized spacial score (nSPS) is 12.5. The number of benzene rings is 4. The van der Waals surface area contributed by atoms with Crippen LogP contribution in [-0.4, -0.2) is 0 Å². The van der Waals surface area contributed by atoms with Crippen LogP contribution in [0, 0.1) is 0 Å². The molecular weight excluding hydrogens is 511 g/mol. The number of halogens is 3. The van der Waals surface area contributed by atoms with Crippen molar-refractivity contribution in [3.63, 3.8) is 0 Å². The second kappa shape index (κ2) is 11.5.